The van der Waals surface area contributed by atoms with E-state index in [1.807, 2.05) is 6.20 Å². The van der Waals surface area contributed by atoms with Gasteiger partial charge < -0.3 is 5.11 Å². The third-order valence-electron chi connectivity index (χ3n) is 2.85. The van der Waals surface area contributed by atoms with Crippen LogP contribution in [0.4, 0.5) is 0 Å². The minimum Gasteiger partial charge on any atom is -0.396 e. The summed E-state index contributed by atoms with van der Waals surface area (Å²) in [5, 5.41) is 16.1. The number of aliphatic hydroxyl groups excluding tert-OH is 1. The van der Waals surface area contributed by atoms with E-state index < -0.39 is 0 Å². The lowest BCUT2D eigenvalue weighted by Gasteiger charge is -2.26. The first-order valence-electron chi connectivity index (χ1n) is 4.43. The van der Waals surface area contributed by atoms with Crippen LogP contribution in [0, 0.1) is 11.8 Å². The van der Waals surface area contributed by atoms with Crippen LogP contribution in [-0.2, 0) is 12.8 Å². The topological polar surface area (TPSA) is 48.9 Å². The van der Waals surface area contributed by atoms with Crippen molar-refractivity contribution in [3.63, 3.8) is 0 Å². The minimum atomic E-state index is 0.291. The Morgan fingerprint density at radius 3 is 3.25 bits per heavy atom. The highest BCUT2D eigenvalue weighted by Crippen LogP contribution is 2.27. The number of rotatable bonds is 1. The average Bonchev–Trinajstić information content (AvgIpc) is 2.49. The third kappa shape index (κ3) is 1.14. The quantitative estimate of drug-likeness (QED) is 0.647. The van der Waals surface area contributed by atoms with E-state index >= 15 is 0 Å². The lowest BCUT2D eigenvalue weighted by molar-refractivity contribution is 0.173. The molecule has 0 aliphatic heterocycles. The standard InChI is InChI=1S/C9H14N2O/c1-6-2-7-4-10-11-9(7)3-8(6)5-12/h4,6,8,12H,2-3,5H2,1H3,(H,10,11)/t6-,8-/m1/s1. The van der Waals surface area contributed by atoms with Crippen LogP contribution in [0.2, 0.25) is 0 Å². The molecule has 2 N–H and O–H groups in total. The number of nitrogens with one attached hydrogen (secondary N) is 1. The van der Waals surface area contributed by atoms with Gasteiger partial charge in [0.15, 0.2) is 0 Å². The summed E-state index contributed by atoms with van der Waals surface area (Å²) in [6, 6.07) is 0. The Morgan fingerprint density at radius 1 is 1.67 bits per heavy atom. The Bertz CT molecular complexity index is 269. The molecule has 1 heterocycles. The molecule has 2 rings (SSSR count). The summed E-state index contributed by atoms with van der Waals surface area (Å²) in [7, 11) is 0. The fraction of sp³-hybridized carbons (Fsp3) is 0.667. The Labute approximate surface area is 71.8 Å². The molecule has 66 valence electrons. The van der Waals surface area contributed by atoms with Gasteiger partial charge in [-0.3, -0.25) is 5.10 Å². The molecule has 1 aromatic rings. The molecule has 1 aromatic heterocycles. The second-order valence-corrected chi connectivity index (χ2v) is 3.70. The fourth-order valence-electron chi connectivity index (χ4n) is 1.91. The summed E-state index contributed by atoms with van der Waals surface area (Å²) in [5.74, 6) is 0.998. The molecule has 0 radical (unpaired) electrons. The van der Waals surface area contributed by atoms with E-state index in [2.05, 4.69) is 17.1 Å². The lowest BCUT2D eigenvalue weighted by Crippen LogP contribution is -2.25. The lowest BCUT2D eigenvalue weighted by atomic mass is 9.80. The largest absolute Gasteiger partial charge is 0.396 e. The van der Waals surface area contributed by atoms with Crippen LogP contribution >= 0.6 is 0 Å². The van der Waals surface area contributed by atoms with Gasteiger partial charge in [0.1, 0.15) is 0 Å². The zero-order valence-electron chi connectivity index (χ0n) is 7.25. The smallest absolute Gasteiger partial charge is 0.0522 e. The fourth-order valence-corrected chi connectivity index (χ4v) is 1.91. The highest BCUT2D eigenvalue weighted by molar-refractivity contribution is 5.20. The molecule has 2 atom stereocenters. The van der Waals surface area contributed by atoms with E-state index in [-0.39, 0.29) is 0 Å². The van der Waals surface area contributed by atoms with Crippen molar-refractivity contribution in [2.75, 3.05) is 6.61 Å². The Balaban J connectivity index is 2.23. The summed E-state index contributed by atoms with van der Waals surface area (Å²) in [6.45, 7) is 2.48. The van der Waals surface area contributed by atoms with Crippen molar-refractivity contribution in [3.05, 3.63) is 17.5 Å². The highest BCUT2D eigenvalue weighted by atomic mass is 16.3. The molecule has 0 saturated heterocycles. The van der Waals surface area contributed by atoms with Crippen molar-refractivity contribution in [1.82, 2.24) is 10.2 Å². The van der Waals surface area contributed by atoms with Crippen LogP contribution in [0.25, 0.3) is 0 Å². The predicted octanol–water partition coefficient (Wildman–Crippen LogP) is 0.753. The minimum absolute atomic E-state index is 0.291. The molecule has 0 fully saturated rings. The molecule has 0 bridgehead atoms. The van der Waals surface area contributed by atoms with E-state index in [1.54, 1.807) is 0 Å². The van der Waals surface area contributed by atoms with Gasteiger partial charge in [0.2, 0.25) is 0 Å². The zero-order valence-corrected chi connectivity index (χ0v) is 7.25. The van der Waals surface area contributed by atoms with Crippen molar-refractivity contribution >= 4 is 0 Å². The van der Waals surface area contributed by atoms with Crippen molar-refractivity contribution < 1.29 is 5.11 Å². The normalized spacial score (nSPS) is 28.5. The third-order valence-corrected chi connectivity index (χ3v) is 2.85. The maximum absolute atomic E-state index is 9.09. The van der Waals surface area contributed by atoms with Crippen LogP contribution in [0.1, 0.15) is 18.2 Å². The monoisotopic (exact) mass is 166 g/mol. The molecule has 0 unspecified atom stereocenters. The van der Waals surface area contributed by atoms with Crippen molar-refractivity contribution in [2.45, 2.75) is 19.8 Å². The van der Waals surface area contributed by atoms with Crippen LogP contribution in [-0.4, -0.2) is 21.9 Å². The van der Waals surface area contributed by atoms with Gasteiger partial charge in [0.05, 0.1) is 6.20 Å². The van der Waals surface area contributed by atoms with Gasteiger partial charge in [-0.2, -0.15) is 5.10 Å². The van der Waals surface area contributed by atoms with Crippen LogP contribution in [0.5, 0.6) is 0 Å². The molecular weight excluding hydrogens is 152 g/mol. The number of aliphatic hydroxyl groups is 1. The number of aromatic amines is 1. The van der Waals surface area contributed by atoms with E-state index in [0.29, 0.717) is 18.4 Å². The highest BCUT2D eigenvalue weighted by Gasteiger charge is 2.25. The Morgan fingerprint density at radius 2 is 2.50 bits per heavy atom. The second kappa shape index (κ2) is 2.90. The first-order valence-corrected chi connectivity index (χ1v) is 4.43. The molecule has 0 saturated carbocycles. The van der Waals surface area contributed by atoms with Gasteiger partial charge in [-0.05, 0) is 30.2 Å². The predicted molar refractivity (Wildman–Crippen MR) is 45.7 cm³/mol. The summed E-state index contributed by atoms with van der Waals surface area (Å²) >= 11 is 0. The van der Waals surface area contributed by atoms with Crippen LogP contribution < -0.4 is 0 Å². The number of H-pyrrole nitrogens is 1. The second-order valence-electron chi connectivity index (χ2n) is 3.70. The van der Waals surface area contributed by atoms with Gasteiger partial charge in [-0.25, -0.2) is 0 Å². The van der Waals surface area contributed by atoms with Gasteiger partial charge in [0.25, 0.3) is 0 Å². The van der Waals surface area contributed by atoms with Crippen molar-refractivity contribution in [3.8, 4) is 0 Å². The molecule has 0 aromatic carbocycles. The first kappa shape index (κ1) is 7.80. The number of hydrogen-bond donors (Lipinski definition) is 2. The Hall–Kier alpha value is -0.830. The molecular formula is C9H14N2O. The molecule has 12 heavy (non-hydrogen) atoms. The van der Waals surface area contributed by atoms with Gasteiger partial charge in [-0.15, -0.1) is 0 Å². The van der Waals surface area contributed by atoms with Gasteiger partial charge in [-0.1, -0.05) is 6.92 Å². The molecule has 1 aliphatic carbocycles. The zero-order chi connectivity index (χ0) is 8.55. The molecule has 3 nitrogen and oxygen atoms in total. The summed E-state index contributed by atoms with van der Waals surface area (Å²) in [4.78, 5) is 0. The van der Waals surface area contributed by atoms with Gasteiger partial charge >= 0.3 is 0 Å². The summed E-state index contributed by atoms with van der Waals surface area (Å²) in [6.07, 6.45) is 3.91. The first-order chi connectivity index (χ1) is 5.81. The maximum atomic E-state index is 9.09. The van der Waals surface area contributed by atoms with Crippen molar-refractivity contribution in [1.29, 1.82) is 0 Å². The number of nitrogens with zero attached hydrogens (tertiary/aromatic N) is 1. The molecule has 3 heteroatoms. The van der Waals surface area contributed by atoms with E-state index in [9.17, 15) is 0 Å². The van der Waals surface area contributed by atoms with Crippen molar-refractivity contribution in [2.24, 2.45) is 11.8 Å². The molecule has 0 amide bonds. The van der Waals surface area contributed by atoms with Crippen LogP contribution in [0.3, 0.4) is 0 Å². The number of hydrogen-bond acceptors (Lipinski definition) is 2. The van der Waals surface area contributed by atoms with E-state index in [0.717, 1.165) is 12.8 Å². The number of aromatic nitrogens is 2. The number of fused-ring (bicyclic) bond motifs is 1. The average molecular weight is 166 g/mol. The Kier molecular flexibility index (Phi) is 1.89. The molecule has 1 aliphatic rings. The summed E-state index contributed by atoms with van der Waals surface area (Å²) < 4.78 is 0. The van der Waals surface area contributed by atoms with E-state index in [4.69, 9.17) is 5.11 Å². The van der Waals surface area contributed by atoms with Gasteiger partial charge in [0, 0.05) is 12.3 Å². The van der Waals surface area contributed by atoms with Crippen LogP contribution in [0.15, 0.2) is 6.20 Å². The SMILES string of the molecule is C[C@@H]1Cc2cn[nH]c2C[C@@H]1CO. The maximum Gasteiger partial charge on any atom is 0.0522 e. The summed E-state index contributed by atoms with van der Waals surface area (Å²) in [5.41, 5.74) is 2.54. The molecule has 0 spiro atoms. The van der Waals surface area contributed by atoms with E-state index in [1.165, 1.54) is 11.3 Å².